The maximum absolute atomic E-state index is 12.2. The van der Waals surface area contributed by atoms with Crippen LogP contribution in [0.15, 0.2) is 23.1 Å². The first-order chi connectivity index (χ1) is 9.29. The van der Waals surface area contributed by atoms with Gasteiger partial charge in [0, 0.05) is 0 Å². The van der Waals surface area contributed by atoms with Crippen LogP contribution in [0, 0.1) is 0 Å². The van der Waals surface area contributed by atoms with Crippen molar-refractivity contribution in [1.82, 2.24) is 4.72 Å². The second-order valence-electron chi connectivity index (χ2n) is 4.21. The van der Waals surface area contributed by atoms with Crippen LogP contribution in [0.25, 0.3) is 0 Å². The van der Waals surface area contributed by atoms with Gasteiger partial charge in [0.25, 0.3) is 0 Å². The molecular formula is C12H15Cl2NO4S. The Morgan fingerprint density at radius 3 is 2.35 bits per heavy atom. The van der Waals surface area contributed by atoms with Gasteiger partial charge in [0.15, 0.2) is 0 Å². The molecule has 1 rings (SSSR count). The third kappa shape index (κ3) is 4.34. The minimum atomic E-state index is -4.09. The summed E-state index contributed by atoms with van der Waals surface area (Å²) in [5.74, 6) is -1.23. The van der Waals surface area contributed by atoms with E-state index in [0.29, 0.717) is 6.42 Å². The molecule has 1 aromatic carbocycles. The Bertz CT molecular complexity index is 569. The van der Waals surface area contributed by atoms with Crippen molar-refractivity contribution in [3.05, 3.63) is 28.2 Å². The van der Waals surface area contributed by atoms with Crippen LogP contribution in [0.4, 0.5) is 0 Å². The Kier molecular flexibility index (Phi) is 6.26. The zero-order valence-electron chi connectivity index (χ0n) is 10.8. The number of halogens is 2. The Hall–Kier alpha value is -0.820. The fourth-order valence-corrected chi connectivity index (χ4v) is 3.99. The minimum Gasteiger partial charge on any atom is -0.480 e. The summed E-state index contributed by atoms with van der Waals surface area (Å²) in [6.45, 7) is 1.89. The second kappa shape index (κ2) is 7.26. The monoisotopic (exact) mass is 339 g/mol. The van der Waals surface area contributed by atoms with Gasteiger partial charge in [-0.15, -0.1) is 0 Å². The van der Waals surface area contributed by atoms with E-state index in [1.165, 1.54) is 18.2 Å². The molecule has 5 nitrogen and oxygen atoms in total. The van der Waals surface area contributed by atoms with Crippen molar-refractivity contribution in [1.29, 1.82) is 0 Å². The number of rotatable bonds is 7. The lowest BCUT2D eigenvalue weighted by atomic mass is 10.1. The fraction of sp³-hybridized carbons (Fsp3) is 0.417. The number of hydrogen-bond acceptors (Lipinski definition) is 3. The highest BCUT2D eigenvalue weighted by atomic mass is 35.5. The molecule has 0 amide bonds. The predicted molar refractivity (Wildman–Crippen MR) is 77.7 cm³/mol. The number of carboxylic acid groups (broad SMARTS) is 1. The molecule has 2 N–H and O–H groups in total. The molecule has 0 aliphatic carbocycles. The van der Waals surface area contributed by atoms with Crippen molar-refractivity contribution >= 4 is 39.2 Å². The van der Waals surface area contributed by atoms with Gasteiger partial charge in [-0.05, 0) is 18.6 Å². The number of carboxylic acids is 1. The average molecular weight is 340 g/mol. The van der Waals surface area contributed by atoms with E-state index in [0.717, 1.165) is 6.42 Å². The molecule has 0 heterocycles. The maximum Gasteiger partial charge on any atom is 0.321 e. The third-order valence-electron chi connectivity index (χ3n) is 2.63. The van der Waals surface area contributed by atoms with Crippen LogP contribution in [-0.4, -0.2) is 25.5 Å². The Balaban J connectivity index is 3.07. The van der Waals surface area contributed by atoms with Gasteiger partial charge < -0.3 is 5.11 Å². The van der Waals surface area contributed by atoms with Crippen LogP contribution in [0.5, 0.6) is 0 Å². The third-order valence-corrected chi connectivity index (χ3v) is 5.06. The van der Waals surface area contributed by atoms with Gasteiger partial charge in [-0.1, -0.05) is 49.0 Å². The molecule has 1 atom stereocenters. The van der Waals surface area contributed by atoms with Crippen LogP contribution >= 0.6 is 23.2 Å². The van der Waals surface area contributed by atoms with Crippen LogP contribution < -0.4 is 4.72 Å². The first-order valence-corrected chi connectivity index (χ1v) is 8.22. The van der Waals surface area contributed by atoms with E-state index in [4.69, 9.17) is 28.3 Å². The molecular weight excluding hydrogens is 325 g/mol. The predicted octanol–water partition coefficient (Wildman–Crippen LogP) is 2.92. The number of aliphatic carboxylic acids is 1. The second-order valence-corrected chi connectivity index (χ2v) is 6.67. The normalized spacial score (nSPS) is 13.2. The van der Waals surface area contributed by atoms with Crippen molar-refractivity contribution in [3.8, 4) is 0 Å². The highest BCUT2D eigenvalue weighted by molar-refractivity contribution is 7.89. The number of hydrogen-bond donors (Lipinski definition) is 2. The fourth-order valence-electron chi connectivity index (χ4n) is 1.63. The van der Waals surface area contributed by atoms with Crippen LogP contribution in [-0.2, 0) is 14.8 Å². The van der Waals surface area contributed by atoms with Gasteiger partial charge in [0.2, 0.25) is 10.0 Å². The molecule has 0 saturated heterocycles. The molecule has 8 heteroatoms. The van der Waals surface area contributed by atoms with Crippen molar-refractivity contribution in [2.45, 2.75) is 37.1 Å². The lowest BCUT2D eigenvalue weighted by molar-refractivity contribution is -0.139. The van der Waals surface area contributed by atoms with Crippen LogP contribution in [0.1, 0.15) is 26.2 Å². The minimum absolute atomic E-state index is 0.0513. The van der Waals surface area contributed by atoms with Gasteiger partial charge >= 0.3 is 5.97 Å². The lowest BCUT2D eigenvalue weighted by Crippen LogP contribution is -2.40. The molecule has 0 aromatic heterocycles. The molecule has 0 saturated carbocycles. The van der Waals surface area contributed by atoms with Crippen molar-refractivity contribution in [2.24, 2.45) is 0 Å². The van der Waals surface area contributed by atoms with Crippen LogP contribution in [0.2, 0.25) is 10.0 Å². The molecule has 0 spiro atoms. The highest BCUT2D eigenvalue weighted by Crippen LogP contribution is 2.29. The summed E-state index contributed by atoms with van der Waals surface area (Å²) < 4.78 is 26.5. The summed E-state index contributed by atoms with van der Waals surface area (Å²) in [4.78, 5) is 10.8. The molecule has 0 unspecified atom stereocenters. The highest BCUT2D eigenvalue weighted by Gasteiger charge is 2.28. The molecule has 20 heavy (non-hydrogen) atoms. The topological polar surface area (TPSA) is 83.5 Å². The summed E-state index contributed by atoms with van der Waals surface area (Å²) >= 11 is 11.7. The zero-order valence-corrected chi connectivity index (χ0v) is 13.1. The van der Waals surface area contributed by atoms with E-state index in [1.807, 2.05) is 6.92 Å². The van der Waals surface area contributed by atoms with E-state index in [1.54, 1.807) is 0 Å². The van der Waals surface area contributed by atoms with Gasteiger partial charge in [0.05, 0.1) is 10.0 Å². The van der Waals surface area contributed by atoms with E-state index in [2.05, 4.69) is 4.72 Å². The lowest BCUT2D eigenvalue weighted by Gasteiger charge is -2.15. The number of carbonyl (C=O) groups is 1. The Morgan fingerprint density at radius 2 is 1.90 bits per heavy atom. The summed E-state index contributed by atoms with van der Waals surface area (Å²) in [5, 5.41) is 8.95. The molecule has 112 valence electrons. The van der Waals surface area contributed by atoms with Gasteiger partial charge in [0.1, 0.15) is 10.9 Å². The molecule has 0 bridgehead atoms. The molecule has 0 aliphatic heterocycles. The zero-order chi connectivity index (χ0) is 15.3. The number of benzene rings is 1. The average Bonchev–Trinajstić information content (AvgIpc) is 2.33. The van der Waals surface area contributed by atoms with Crippen molar-refractivity contribution in [2.75, 3.05) is 0 Å². The Labute approximate surface area is 127 Å². The molecule has 0 fully saturated rings. The first-order valence-electron chi connectivity index (χ1n) is 5.98. The van der Waals surface area contributed by atoms with E-state index >= 15 is 0 Å². The number of sulfonamides is 1. The summed E-state index contributed by atoms with van der Waals surface area (Å²) in [5.41, 5.74) is 0. The molecule has 1 aromatic rings. The SMILES string of the molecule is CCCC[C@@H](NS(=O)(=O)c1c(Cl)cccc1Cl)C(=O)O. The Morgan fingerprint density at radius 1 is 1.35 bits per heavy atom. The first kappa shape index (κ1) is 17.2. The number of nitrogens with one attached hydrogen (secondary N) is 1. The molecule has 0 radical (unpaired) electrons. The molecule has 0 aliphatic rings. The summed E-state index contributed by atoms with van der Waals surface area (Å²) in [7, 11) is -4.09. The smallest absolute Gasteiger partial charge is 0.321 e. The van der Waals surface area contributed by atoms with E-state index < -0.39 is 22.0 Å². The summed E-state index contributed by atoms with van der Waals surface area (Å²) in [6.07, 6.45) is 1.56. The largest absolute Gasteiger partial charge is 0.480 e. The standard InChI is InChI=1S/C12H15Cl2NO4S/c1-2-3-7-10(12(16)17)15-20(18,19)11-8(13)5-4-6-9(11)14/h4-6,10,15H,2-3,7H2,1H3,(H,16,17)/t10-/m1/s1. The van der Waals surface area contributed by atoms with Gasteiger partial charge in [-0.2, -0.15) is 4.72 Å². The quantitative estimate of drug-likeness (QED) is 0.799. The summed E-state index contributed by atoms with van der Waals surface area (Å²) in [6, 6.07) is 3.07. The van der Waals surface area contributed by atoms with E-state index in [9.17, 15) is 13.2 Å². The van der Waals surface area contributed by atoms with Gasteiger partial charge in [-0.25, -0.2) is 8.42 Å². The van der Waals surface area contributed by atoms with Crippen molar-refractivity contribution in [3.63, 3.8) is 0 Å². The van der Waals surface area contributed by atoms with Crippen LogP contribution in [0.3, 0.4) is 0 Å². The van der Waals surface area contributed by atoms with Gasteiger partial charge in [-0.3, -0.25) is 4.79 Å². The number of unbranched alkanes of at least 4 members (excludes halogenated alkanes) is 1. The van der Waals surface area contributed by atoms with Crippen molar-refractivity contribution < 1.29 is 18.3 Å². The van der Waals surface area contributed by atoms with E-state index in [-0.39, 0.29) is 21.4 Å². The maximum atomic E-state index is 12.2.